The van der Waals surface area contributed by atoms with Crippen molar-refractivity contribution in [1.29, 1.82) is 0 Å². The third-order valence-corrected chi connectivity index (χ3v) is 3.74. The second kappa shape index (κ2) is 4.86. The first-order chi connectivity index (χ1) is 7.25. The first kappa shape index (κ1) is 10.8. The second-order valence-electron chi connectivity index (χ2n) is 4.94. The fourth-order valence-corrected chi connectivity index (χ4v) is 2.75. The SMILES string of the molecule is CC1OC(N)=N[C@H]1CCC1CCCCC1. The zero-order chi connectivity index (χ0) is 10.7. The number of hydrogen-bond acceptors (Lipinski definition) is 3. The lowest BCUT2D eigenvalue weighted by Crippen LogP contribution is -2.21. The van der Waals surface area contributed by atoms with Crippen LogP contribution < -0.4 is 5.73 Å². The van der Waals surface area contributed by atoms with Crippen molar-refractivity contribution in [2.75, 3.05) is 0 Å². The lowest BCUT2D eigenvalue weighted by atomic mass is 9.85. The molecule has 15 heavy (non-hydrogen) atoms. The maximum atomic E-state index is 5.55. The molecule has 0 aromatic heterocycles. The largest absolute Gasteiger partial charge is 0.460 e. The Hall–Kier alpha value is -0.730. The molecule has 86 valence electrons. The molecule has 0 radical (unpaired) electrons. The Morgan fingerprint density at radius 1 is 1.27 bits per heavy atom. The summed E-state index contributed by atoms with van der Waals surface area (Å²) < 4.78 is 5.34. The maximum Gasteiger partial charge on any atom is 0.282 e. The Morgan fingerprint density at radius 3 is 2.60 bits per heavy atom. The molecular weight excluding hydrogens is 188 g/mol. The molecule has 1 fully saturated rings. The van der Waals surface area contributed by atoms with Crippen LogP contribution in [0.15, 0.2) is 4.99 Å². The summed E-state index contributed by atoms with van der Waals surface area (Å²) in [7, 11) is 0. The van der Waals surface area contributed by atoms with Crippen LogP contribution in [0.3, 0.4) is 0 Å². The zero-order valence-electron chi connectivity index (χ0n) is 9.61. The number of nitrogens with two attached hydrogens (primary N) is 1. The van der Waals surface area contributed by atoms with E-state index in [4.69, 9.17) is 10.5 Å². The van der Waals surface area contributed by atoms with E-state index in [1.54, 1.807) is 0 Å². The smallest absolute Gasteiger partial charge is 0.282 e. The van der Waals surface area contributed by atoms with Crippen molar-refractivity contribution in [3.05, 3.63) is 0 Å². The highest BCUT2D eigenvalue weighted by Crippen LogP contribution is 2.29. The van der Waals surface area contributed by atoms with Gasteiger partial charge in [0.2, 0.25) is 0 Å². The molecule has 2 atom stereocenters. The minimum atomic E-state index is 0.189. The minimum absolute atomic E-state index is 0.189. The molecule has 1 aliphatic carbocycles. The van der Waals surface area contributed by atoms with E-state index in [0.29, 0.717) is 12.1 Å². The lowest BCUT2D eigenvalue weighted by molar-refractivity contribution is 0.197. The first-order valence-electron chi connectivity index (χ1n) is 6.25. The quantitative estimate of drug-likeness (QED) is 0.777. The van der Waals surface area contributed by atoms with Gasteiger partial charge in [-0.15, -0.1) is 0 Å². The van der Waals surface area contributed by atoms with Crippen LogP contribution in [0.1, 0.15) is 51.9 Å². The van der Waals surface area contributed by atoms with E-state index in [1.165, 1.54) is 38.5 Å². The molecule has 1 saturated carbocycles. The van der Waals surface area contributed by atoms with Gasteiger partial charge in [0.15, 0.2) is 0 Å². The molecule has 3 heteroatoms. The molecule has 1 unspecified atom stereocenters. The molecule has 0 spiro atoms. The van der Waals surface area contributed by atoms with E-state index in [0.717, 1.165) is 12.3 Å². The van der Waals surface area contributed by atoms with Crippen molar-refractivity contribution in [1.82, 2.24) is 0 Å². The number of rotatable bonds is 3. The summed E-state index contributed by atoms with van der Waals surface area (Å²) in [6.07, 6.45) is 9.75. The van der Waals surface area contributed by atoms with Crippen LogP contribution in [0, 0.1) is 5.92 Å². The summed E-state index contributed by atoms with van der Waals surface area (Å²) in [5.74, 6) is 0.933. The molecule has 0 bridgehead atoms. The Balaban J connectivity index is 1.72. The van der Waals surface area contributed by atoms with Crippen LogP contribution in [0.4, 0.5) is 0 Å². The van der Waals surface area contributed by atoms with Gasteiger partial charge in [0, 0.05) is 0 Å². The van der Waals surface area contributed by atoms with E-state index in [9.17, 15) is 0 Å². The maximum absolute atomic E-state index is 5.55. The van der Waals surface area contributed by atoms with Crippen LogP contribution >= 0.6 is 0 Å². The van der Waals surface area contributed by atoms with Crippen molar-refractivity contribution in [2.24, 2.45) is 16.6 Å². The van der Waals surface area contributed by atoms with Crippen LogP contribution in [0.5, 0.6) is 0 Å². The number of aliphatic imine (C=N–C) groups is 1. The fourth-order valence-electron chi connectivity index (χ4n) is 2.75. The number of nitrogens with zero attached hydrogens (tertiary/aromatic N) is 1. The summed E-state index contributed by atoms with van der Waals surface area (Å²) in [5.41, 5.74) is 5.55. The molecule has 1 aliphatic heterocycles. The minimum Gasteiger partial charge on any atom is -0.460 e. The molecule has 2 N–H and O–H groups in total. The summed E-state index contributed by atoms with van der Waals surface area (Å²) in [6, 6.07) is 0.697. The Bertz CT molecular complexity index is 234. The van der Waals surface area contributed by atoms with Crippen molar-refractivity contribution in [2.45, 2.75) is 64.0 Å². The van der Waals surface area contributed by atoms with Crippen LogP contribution in [-0.4, -0.2) is 18.2 Å². The van der Waals surface area contributed by atoms with Gasteiger partial charge in [0.25, 0.3) is 6.02 Å². The average Bonchev–Trinajstić information content (AvgIpc) is 2.56. The lowest BCUT2D eigenvalue weighted by Gasteiger charge is -2.22. The molecule has 2 aliphatic rings. The predicted molar refractivity (Wildman–Crippen MR) is 61.8 cm³/mol. The van der Waals surface area contributed by atoms with Crippen LogP contribution in [-0.2, 0) is 4.74 Å². The summed E-state index contributed by atoms with van der Waals surface area (Å²) >= 11 is 0. The third kappa shape index (κ3) is 2.86. The molecule has 1 heterocycles. The van der Waals surface area contributed by atoms with Gasteiger partial charge in [-0.1, -0.05) is 32.1 Å². The van der Waals surface area contributed by atoms with Crippen molar-refractivity contribution in [3.63, 3.8) is 0 Å². The normalized spacial score (nSPS) is 32.5. The number of amidine groups is 1. The molecule has 0 aromatic carbocycles. The molecule has 2 rings (SSSR count). The Labute approximate surface area is 92.1 Å². The topological polar surface area (TPSA) is 47.6 Å². The Morgan fingerprint density at radius 2 is 2.00 bits per heavy atom. The van der Waals surface area contributed by atoms with Gasteiger partial charge in [-0.3, -0.25) is 0 Å². The fraction of sp³-hybridized carbons (Fsp3) is 0.917. The predicted octanol–water partition coefficient (Wildman–Crippen LogP) is 2.45. The van der Waals surface area contributed by atoms with Crippen molar-refractivity contribution < 1.29 is 4.74 Å². The van der Waals surface area contributed by atoms with Crippen LogP contribution in [0.2, 0.25) is 0 Å². The van der Waals surface area contributed by atoms with E-state index >= 15 is 0 Å². The highest BCUT2D eigenvalue weighted by atomic mass is 16.5. The highest BCUT2D eigenvalue weighted by Gasteiger charge is 2.26. The number of ether oxygens (including phenoxy) is 1. The van der Waals surface area contributed by atoms with E-state index < -0.39 is 0 Å². The number of hydrogen-bond donors (Lipinski definition) is 1. The summed E-state index contributed by atoms with van der Waals surface area (Å²) in [4.78, 5) is 4.33. The van der Waals surface area contributed by atoms with Gasteiger partial charge in [0.1, 0.15) is 6.10 Å². The summed E-state index contributed by atoms with van der Waals surface area (Å²) in [6.45, 7) is 2.06. The van der Waals surface area contributed by atoms with Gasteiger partial charge in [-0.2, -0.15) is 0 Å². The Kier molecular flexibility index (Phi) is 3.49. The summed E-state index contributed by atoms with van der Waals surface area (Å²) in [5, 5.41) is 0. The monoisotopic (exact) mass is 210 g/mol. The zero-order valence-corrected chi connectivity index (χ0v) is 9.61. The average molecular weight is 210 g/mol. The van der Waals surface area contributed by atoms with Gasteiger partial charge < -0.3 is 10.5 Å². The molecule has 0 aromatic rings. The van der Waals surface area contributed by atoms with E-state index in [-0.39, 0.29) is 6.10 Å². The molecule has 3 nitrogen and oxygen atoms in total. The van der Waals surface area contributed by atoms with E-state index in [2.05, 4.69) is 11.9 Å². The molecule has 0 amide bonds. The first-order valence-corrected chi connectivity index (χ1v) is 6.25. The third-order valence-electron chi connectivity index (χ3n) is 3.74. The second-order valence-corrected chi connectivity index (χ2v) is 4.94. The van der Waals surface area contributed by atoms with Gasteiger partial charge >= 0.3 is 0 Å². The van der Waals surface area contributed by atoms with Crippen LogP contribution in [0.25, 0.3) is 0 Å². The standard InChI is InChI=1S/C12H22N2O/c1-9-11(14-12(13)15-9)8-7-10-5-3-2-4-6-10/h9-11H,2-8H2,1H3,(H2,13,14)/t9?,11-/m0/s1. The molecular formula is C12H22N2O. The van der Waals surface area contributed by atoms with E-state index in [1.807, 2.05) is 0 Å². The van der Waals surface area contributed by atoms with Gasteiger partial charge in [0.05, 0.1) is 6.04 Å². The highest BCUT2D eigenvalue weighted by molar-refractivity contribution is 5.73. The van der Waals surface area contributed by atoms with Gasteiger partial charge in [-0.05, 0) is 25.7 Å². The van der Waals surface area contributed by atoms with Gasteiger partial charge in [-0.25, -0.2) is 4.99 Å². The molecule has 0 saturated heterocycles. The van der Waals surface area contributed by atoms with Crippen molar-refractivity contribution in [3.8, 4) is 0 Å². The van der Waals surface area contributed by atoms with Crippen molar-refractivity contribution >= 4 is 6.02 Å².